The van der Waals surface area contributed by atoms with Crippen LogP contribution >= 0.6 is 0 Å². The van der Waals surface area contributed by atoms with Crippen LogP contribution in [0.25, 0.3) is 0 Å². The third-order valence-electron chi connectivity index (χ3n) is 7.95. The lowest BCUT2D eigenvalue weighted by atomic mass is 9.92. The Balaban J connectivity index is 5.34. The van der Waals surface area contributed by atoms with Crippen molar-refractivity contribution in [1.29, 1.82) is 0 Å². The lowest BCUT2D eigenvalue weighted by Crippen LogP contribution is -2.44. The molecule has 4 N–H and O–H groups in total. The number of ether oxygens (including phenoxy) is 13. The van der Waals surface area contributed by atoms with Crippen molar-refractivity contribution < 1.29 is 95.5 Å². The molecule has 0 heterocycles. The van der Waals surface area contributed by atoms with E-state index in [9.17, 15) is 33.9 Å². The van der Waals surface area contributed by atoms with Gasteiger partial charge in [0.15, 0.2) is 0 Å². The monoisotopic (exact) mass is 965 g/mol. The Labute approximate surface area is 393 Å². The standard InChI is InChI=1S/C44H75N3O20/c1-31(2)38(49)62-20-17-55-14-11-45-41(52)65-35(8)24-59-28-44(27-58-23-34(7)48,29-60-25-36(9)66-42(53)46-12-15-56-18-21-63-39(50)32(3)4)30-61-26-37(10)67-43(54)47-13-16-57-19-22-64-40(51)33(5)6/h34-37,48H,1,3,5,11-30H2,2,4,6-10H3,(H,45,52)(H,46,53)(H,47,54). The van der Waals surface area contributed by atoms with Crippen molar-refractivity contribution in [3.8, 4) is 0 Å². The van der Waals surface area contributed by atoms with Crippen LogP contribution in [0.1, 0.15) is 48.5 Å². The van der Waals surface area contributed by atoms with Gasteiger partial charge in [-0.25, -0.2) is 28.8 Å². The van der Waals surface area contributed by atoms with Gasteiger partial charge >= 0.3 is 36.2 Å². The summed E-state index contributed by atoms with van der Waals surface area (Å²) in [4.78, 5) is 71.5. The molecule has 4 atom stereocenters. The number of rotatable bonds is 40. The number of nitrogens with one attached hydrogen (secondary N) is 3. The molecule has 386 valence electrons. The van der Waals surface area contributed by atoms with Crippen LogP contribution in [0.4, 0.5) is 14.4 Å². The SMILES string of the molecule is C=C(C)C(=O)OCCOCCNC(=O)OC(C)COCC(COCC(C)O)(COCC(C)OC(=O)NCCOCCOC(=O)C(=C)C)COCC(C)OC(=O)NCCOCCOC(=O)C(=C)C. The minimum atomic E-state index is -1.05. The predicted molar refractivity (Wildman–Crippen MR) is 239 cm³/mol. The molecule has 0 aromatic carbocycles. The summed E-state index contributed by atoms with van der Waals surface area (Å²) in [5, 5.41) is 17.6. The van der Waals surface area contributed by atoms with Crippen molar-refractivity contribution in [3.63, 3.8) is 0 Å². The molecule has 0 spiro atoms. The number of esters is 3. The van der Waals surface area contributed by atoms with Crippen LogP contribution in [0.15, 0.2) is 36.5 Å². The van der Waals surface area contributed by atoms with Gasteiger partial charge in [-0.15, -0.1) is 0 Å². The molecule has 0 aliphatic heterocycles. The lowest BCUT2D eigenvalue weighted by Gasteiger charge is -2.34. The van der Waals surface area contributed by atoms with E-state index >= 15 is 0 Å². The first-order valence-electron chi connectivity index (χ1n) is 21.8. The van der Waals surface area contributed by atoms with E-state index in [2.05, 4.69) is 35.7 Å². The molecule has 3 amide bonds. The van der Waals surface area contributed by atoms with Crippen molar-refractivity contribution in [3.05, 3.63) is 36.5 Å². The second kappa shape index (κ2) is 38.1. The van der Waals surface area contributed by atoms with E-state index in [1.807, 2.05) is 0 Å². The largest absolute Gasteiger partial charge is 0.460 e. The average Bonchev–Trinajstić information content (AvgIpc) is 3.24. The Kier molecular flexibility index (Phi) is 35.3. The molecule has 0 radical (unpaired) electrons. The summed E-state index contributed by atoms with van der Waals surface area (Å²) in [6.45, 7) is 22.4. The maximum atomic E-state index is 12.4. The van der Waals surface area contributed by atoms with Crippen LogP contribution < -0.4 is 16.0 Å². The van der Waals surface area contributed by atoms with E-state index in [1.54, 1.807) is 27.7 Å². The number of carbonyl (C=O) groups is 6. The minimum Gasteiger partial charge on any atom is -0.460 e. The quantitative estimate of drug-likeness (QED) is 0.0296. The van der Waals surface area contributed by atoms with Crippen molar-refractivity contribution in [2.75, 3.05) is 132 Å². The van der Waals surface area contributed by atoms with Gasteiger partial charge in [-0.2, -0.15) is 0 Å². The molecule has 0 aromatic heterocycles. The van der Waals surface area contributed by atoms with Gasteiger partial charge in [0.2, 0.25) is 0 Å². The summed E-state index contributed by atoms with van der Waals surface area (Å²) >= 11 is 0. The number of alkyl carbamates (subject to hydrolysis) is 3. The van der Waals surface area contributed by atoms with Gasteiger partial charge in [-0.3, -0.25) is 0 Å². The Hall–Kier alpha value is -4.88. The number of hydrogen-bond donors (Lipinski definition) is 4. The van der Waals surface area contributed by atoms with Crippen molar-refractivity contribution >= 4 is 36.2 Å². The summed E-state index contributed by atoms with van der Waals surface area (Å²) in [5.41, 5.74) is -0.232. The second-order valence-corrected chi connectivity index (χ2v) is 15.4. The predicted octanol–water partition coefficient (Wildman–Crippen LogP) is 2.17. The molecule has 67 heavy (non-hydrogen) atoms. The van der Waals surface area contributed by atoms with Crippen molar-refractivity contribution in [1.82, 2.24) is 16.0 Å². The Bertz CT molecular complexity index is 1330. The van der Waals surface area contributed by atoms with Gasteiger partial charge in [0, 0.05) is 36.4 Å². The fourth-order valence-electron chi connectivity index (χ4n) is 4.73. The first-order chi connectivity index (χ1) is 31.8. The summed E-state index contributed by atoms with van der Waals surface area (Å²) < 4.78 is 70.9. The molecule has 0 saturated carbocycles. The minimum absolute atomic E-state index is 0.0309. The molecule has 23 nitrogen and oxygen atoms in total. The fraction of sp³-hybridized carbons (Fsp3) is 0.727. The average molecular weight is 966 g/mol. The number of amides is 3. The Morgan fingerprint density at radius 3 is 0.955 bits per heavy atom. The van der Waals surface area contributed by atoms with Crippen LogP contribution in [0.2, 0.25) is 0 Å². The lowest BCUT2D eigenvalue weighted by molar-refractivity contribution is -0.141. The zero-order chi connectivity index (χ0) is 50.5. The molecule has 0 saturated heterocycles. The highest BCUT2D eigenvalue weighted by molar-refractivity contribution is 5.87. The molecule has 0 aromatic rings. The van der Waals surface area contributed by atoms with Crippen LogP contribution in [0.3, 0.4) is 0 Å². The summed E-state index contributed by atoms with van der Waals surface area (Å²) in [7, 11) is 0. The maximum Gasteiger partial charge on any atom is 0.407 e. The van der Waals surface area contributed by atoms with Gasteiger partial charge in [-0.05, 0) is 48.5 Å². The molecule has 0 aliphatic carbocycles. The summed E-state index contributed by atoms with van der Waals surface area (Å²) in [6, 6.07) is 0. The maximum absolute atomic E-state index is 12.4. The van der Waals surface area contributed by atoms with Crippen LogP contribution in [-0.4, -0.2) is 198 Å². The molecule has 0 bridgehead atoms. The first kappa shape index (κ1) is 62.1. The Morgan fingerprint density at radius 2 is 0.701 bits per heavy atom. The van der Waals surface area contributed by atoms with Gasteiger partial charge in [0.25, 0.3) is 0 Å². The van der Waals surface area contributed by atoms with Gasteiger partial charge in [0.05, 0.1) is 104 Å². The topological polar surface area (TPSA) is 279 Å². The summed E-state index contributed by atoms with van der Waals surface area (Å²) in [5.74, 6) is -1.57. The smallest absolute Gasteiger partial charge is 0.407 e. The highest BCUT2D eigenvalue weighted by Crippen LogP contribution is 2.22. The molecule has 0 rings (SSSR count). The third-order valence-corrected chi connectivity index (χ3v) is 7.95. The molecular weight excluding hydrogens is 890 g/mol. The van der Waals surface area contributed by atoms with Gasteiger partial charge in [-0.1, -0.05) is 19.7 Å². The normalized spacial score (nSPS) is 13.6. The first-order valence-corrected chi connectivity index (χ1v) is 21.8. The van der Waals surface area contributed by atoms with Crippen LogP contribution in [0, 0.1) is 5.41 Å². The number of hydrogen-bond acceptors (Lipinski definition) is 20. The van der Waals surface area contributed by atoms with Gasteiger partial charge < -0.3 is 82.6 Å². The van der Waals surface area contributed by atoms with Crippen molar-refractivity contribution in [2.24, 2.45) is 5.41 Å². The van der Waals surface area contributed by atoms with E-state index in [4.69, 9.17) is 61.6 Å². The molecule has 0 fully saturated rings. The fourth-order valence-corrected chi connectivity index (χ4v) is 4.73. The number of aliphatic hydroxyl groups is 1. The van der Waals surface area contributed by atoms with E-state index in [1.165, 1.54) is 20.8 Å². The highest BCUT2D eigenvalue weighted by atomic mass is 16.6. The zero-order valence-corrected chi connectivity index (χ0v) is 40.3. The highest BCUT2D eigenvalue weighted by Gasteiger charge is 2.34. The van der Waals surface area contributed by atoms with E-state index in [0.717, 1.165) is 0 Å². The van der Waals surface area contributed by atoms with E-state index in [0.29, 0.717) is 0 Å². The number of aliphatic hydroxyl groups excluding tert-OH is 1. The molecule has 23 heteroatoms. The zero-order valence-electron chi connectivity index (χ0n) is 40.3. The van der Waals surface area contributed by atoms with Crippen LogP contribution in [0.5, 0.6) is 0 Å². The Morgan fingerprint density at radius 1 is 0.433 bits per heavy atom. The molecule has 4 unspecified atom stereocenters. The molecule has 0 aliphatic rings. The molecular formula is C44H75N3O20. The van der Waals surface area contributed by atoms with Crippen molar-refractivity contribution in [2.45, 2.75) is 72.9 Å². The summed E-state index contributed by atoms with van der Waals surface area (Å²) in [6.07, 6.45) is -5.10. The second-order valence-electron chi connectivity index (χ2n) is 15.4. The van der Waals surface area contributed by atoms with E-state index in [-0.39, 0.29) is 149 Å². The number of carbonyl (C=O) groups excluding carboxylic acids is 6. The third kappa shape index (κ3) is 35.9. The van der Waals surface area contributed by atoms with Gasteiger partial charge in [0.1, 0.15) is 38.1 Å². The van der Waals surface area contributed by atoms with E-state index < -0.39 is 66.0 Å². The van der Waals surface area contributed by atoms with Crippen LogP contribution in [-0.2, 0) is 76.0 Å².